The van der Waals surface area contributed by atoms with Crippen molar-refractivity contribution in [1.82, 2.24) is 20.1 Å². The van der Waals surface area contributed by atoms with E-state index >= 15 is 0 Å². The van der Waals surface area contributed by atoms with Crippen LogP contribution in [0, 0.1) is 0 Å². The average molecular weight is 288 g/mol. The Kier molecular flexibility index (Phi) is 4.96. The van der Waals surface area contributed by atoms with Gasteiger partial charge in [-0.15, -0.1) is 0 Å². The Labute approximate surface area is 126 Å². The molecule has 0 aliphatic rings. The van der Waals surface area contributed by atoms with Gasteiger partial charge in [0.15, 0.2) is 5.82 Å². The molecular weight excluding hydrogens is 264 g/mol. The Morgan fingerprint density at radius 1 is 1.29 bits per heavy atom. The molecule has 1 aromatic carbocycles. The number of aromatic nitrogens is 3. The Morgan fingerprint density at radius 3 is 2.81 bits per heavy atom. The molecule has 0 fully saturated rings. The van der Waals surface area contributed by atoms with Crippen molar-refractivity contribution in [2.45, 2.75) is 52.9 Å². The van der Waals surface area contributed by atoms with E-state index in [0.29, 0.717) is 6.61 Å². The van der Waals surface area contributed by atoms with Crippen LogP contribution in [0.1, 0.15) is 39.1 Å². The molecule has 0 saturated heterocycles. The lowest BCUT2D eigenvalue weighted by Crippen LogP contribution is -2.35. The molecule has 1 N–H and O–H groups in total. The minimum atomic E-state index is 0.106. The van der Waals surface area contributed by atoms with Crippen molar-refractivity contribution in [2.75, 3.05) is 0 Å². The van der Waals surface area contributed by atoms with E-state index in [0.717, 1.165) is 24.7 Å². The number of nitrogens with one attached hydrogen (secondary N) is 1. The van der Waals surface area contributed by atoms with E-state index in [1.807, 2.05) is 23.7 Å². The van der Waals surface area contributed by atoms with Crippen LogP contribution in [0.3, 0.4) is 0 Å². The van der Waals surface area contributed by atoms with Crippen molar-refractivity contribution in [3.8, 4) is 5.75 Å². The maximum Gasteiger partial charge on any atom is 0.164 e. The zero-order valence-electron chi connectivity index (χ0n) is 13.3. The lowest BCUT2D eigenvalue weighted by atomic mass is 10.1. The molecule has 0 amide bonds. The van der Waals surface area contributed by atoms with Gasteiger partial charge in [-0.25, -0.2) is 9.67 Å². The third-order valence-electron chi connectivity index (χ3n) is 3.08. The summed E-state index contributed by atoms with van der Waals surface area (Å²) in [4.78, 5) is 4.21. The summed E-state index contributed by atoms with van der Waals surface area (Å²) in [7, 11) is 0. The molecule has 0 aliphatic carbocycles. The van der Waals surface area contributed by atoms with E-state index in [1.54, 1.807) is 6.33 Å². The summed E-state index contributed by atoms with van der Waals surface area (Å²) >= 11 is 0. The van der Waals surface area contributed by atoms with Gasteiger partial charge in [0, 0.05) is 18.6 Å². The smallest absolute Gasteiger partial charge is 0.164 e. The highest BCUT2D eigenvalue weighted by molar-refractivity contribution is 5.28. The van der Waals surface area contributed by atoms with Crippen LogP contribution < -0.4 is 10.1 Å². The monoisotopic (exact) mass is 288 g/mol. The van der Waals surface area contributed by atoms with Crippen LogP contribution in [-0.2, 0) is 19.7 Å². The lowest BCUT2D eigenvalue weighted by molar-refractivity contribution is 0.287. The Bertz CT molecular complexity index is 572. The maximum atomic E-state index is 5.81. The highest BCUT2D eigenvalue weighted by Crippen LogP contribution is 2.15. The van der Waals surface area contributed by atoms with Gasteiger partial charge in [0.05, 0.1) is 0 Å². The number of aryl methyl sites for hydroxylation is 1. The van der Waals surface area contributed by atoms with Gasteiger partial charge in [-0.1, -0.05) is 12.1 Å². The van der Waals surface area contributed by atoms with Crippen molar-refractivity contribution < 1.29 is 4.74 Å². The summed E-state index contributed by atoms with van der Waals surface area (Å²) in [6.45, 7) is 10.6. The van der Waals surface area contributed by atoms with Crippen molar-refractivity contribution in [1.29, 1.82) is 0 Å². The summed E-state index contributed by atoms with van der Waals surface area (Å²) in [5, 5.41) is 7.61. The lowest BCUT2D eigenvalue weighted by Gasteiger charge is -2.20. The summed E-state index contributed by atoms with van der Waals surface area (Å²) in [6, 6.07) is 8.14. The molecule has 0 aliphatic heterocycles. The molecule has 1 aromatic heterocycles. The predicted octanol–water partition coefficient (Wildman–Crippen LogP) is 2.77. The fourth-order valence-electron chi connectivity index (χ4n) is 1.92. The number of ether oxygens (including phenoxy) is 1. The van der Waals surface area contributed by atoms with Crippen molar-refractivity contribution in [3.63, 3.8) is 0 Å². The number of nitrogens with zero attached hydrogens (tertiary/aromatic N) is 3. The molecule has 2 aromatic rings. The average Bonchev–Trinajstić information content (AvgIpc) is 2.90. The molecule has 5 heteroatoms. The van der Waals surface area contributed by atoms with Gasteiger partial charge in [-0.05, 0) is 45.4 Å². The first-order chi connectivity index (χ1) is 9.98. The molecule has 0 atom stereocenters. The van der Waals surface area contributed by atoms with Crippen molar-refractivity contribution in [2.24, 2.45) is 0 Å². The number of rotatable bonds is 6. The van der Waals surface area contributed by atoms with E-state index in [2.05, 4.69) is 48.3 Å². The molecule has 21 heavy (non-hydrogen) atoms. The third kappa shape index (κ3) is 4.86. The zero-order chi connectivity index (χ0) is 15.3. The first-order valence-corrected chi connectivity index (χ1v) is 7.31. The predicted molar refractivity (Wildman–Crippen MR) is 83.1 cm³/mol. The fourth-order valence-corrected chi connectivity index (χ4v) is 1.92. The first-order valence-electron chi connectivity index (χ1n) is 7.31. The SMILES string of the molecule is CCn1ncnc1COc1cccc(CNC(C)(C)C)c1. The van der Waals surface area contributed by atoms with Crippen molar-refractivity contribution >= 4 is 0 Å². The molecule has 114 valence electrons. The van der Waals surface area contributed by atoms with Crippen LogP contribution in [0.15, 0.2) is 30.6 Å². The van der Waals surface area contributed by atoms with Crippen LogP contribution in [0.25, 0.3) is 0 Å². The van der Waals surface area contributed by atoms with E-state index in [4.69, 9.17) is 4.74 Å². The Balaban J connectivity index is 1.95. The highest BCUT2D eigenvalue weighted by Gasteiger charge is 2.09. The quantitative estimate of drug-likeness (QED) is 0.888. The van der Waals surface area contributed by atoms with Gasteiger partial charge in [0.1, 0.15) is 18.7 Å². The second-order valence-corrected chi connectivity index (χ2v) is 6.03. The topological polar surface area (TPSA) is 52.0 Å². The second kappa shape index (κ2) is 6.72. The van der Waals surface area contributed by atoms with Gasteiger partial charge >= 0.3 is 0 Å². The van der Waals surface area contributed by atoms with E-state index < -0.39 is 0 Å². The molecule has 5 nitrogen and oxygen atoms in total. The Morgan fingerprint density at radius 2 is 2.10 bits per heavy atom. The first kappa shape index (κ1) is 15.5. The van der Waals surface area contributed by atoms with Gasteiger partial charge in [0.2, 0.25) is 0 Å². The van der Waals surface area contributed by atoms with Gasteiger partial charge < -0.3 is 10.1 Å². The minimum Gasteiger partial charge on any atom is -0.486 e. The summed E-state index contributed by atoms with van der Waals surface area (Å²) in [5.74, 6) is 1.70. The largest absolute Gasteiger partial charge is 0.486 e. The zero-order valence-corrected chi connectivity index (χ0v) is 13.3. The number of hydrogen-bond acceptors (Lipinski definition) is 4. The Hall–Kier alpha value is -1.88. The van der Waals surface area contributed by atoms with Crippen LogP contribution >= 0.6 is 0 Å². The number of benzene rings is 1. The summed E-state index contributed by atoms with van der Waals surface area (Å²) < 4.78 is 7.65. The van der Waals surface area contributed by atoms with E-state index in [9.17, 15) is 0 Å². The van der Waals surface area contributed by atoms with Crippen LogP contribution in [0.2, 0.25) is 0 Å². The molecule has 0 spiro atoms. The molecular formula is C16H24N4O. The molecule has 1 heterocycles. The van der Waals surface area contributed by atoms with Gasteiger partial charge in [0.25, 0.3) is 0 Å². The van der Waals surface area contributed by atoms with Gasteiger partial charge in [-0.2, -0.15) is 5.10 Å². The summed E-state index contributed by atoms with van der Waals surface area (Å²) in [6.07, 6.45) is 1.56. The second-order valence-electron chi connectivity index (χ2n) is 6.03. The summed E-state index contributed by atoms with van der Waals surface area (Å²) in [5.41, 5.74) is 1.31. The highest BCUT2D eigenvalue weighted by atomic mass is 16.5. The third-order valence-corrected chi connectivity index (χ3v) is 3.08. The molecule has 0 radical (unpaired) electrons. The maximum absolute atomic E-state index is 5.81. The molecule has 0 saturated carbocycles. The van der Waals surface area contributed by atoms with Crippen LogP contribution in [0.4, 0.5) is 0 Å². The molecule has 0 unspecified atom stereocenters. The minimum absolute atomic E-state index is 0.106. The van der Waals surface area contributed by atoms with E-state index in [-0.39, 0.29) is 5.54 Å². The fraction of sp³-hybridized carbons (Fsp3) is 0.500. The standard InChI is InChI=1S/C16H24N4O/c1-5-20-15(17-12-19-20)11-21-14-8-6-7-13(9-14)10-18-16(2,3)4/h6-9,12,18H,5,10-11H2,1-4H3. The van der Waals surface area contributed by atoms with Gasteiger partial charge in [-0.3, -0.25) is 0 Å². The number of hydrogen-bond donors (Lipinski definition) is 1. The molecule has 0 bridgehead atoms. The van der Waals surface area contributed by atoms with Crippen LogP contribution in [-0.4, -0.2) is 20.3 Å². The van der Waals surface area contributed by atoms with Crippen LogP contribution in [0.5, 0.6) is 5.75 Å². The van der Waals surface area contributed by atoms with Crippen molar-refractivity contribution in [3.05, 3.63) is 42.0 Å². The molecule has 2 rings (SSSR count). The normalized spacial score (nSPS) is 11.6. The van der Waals surface area contributed by atoms with E-state index in [1.165, 1.54) is 5.56 Å².